The van der Waals surface area contributed by atoms with Crippen molar-refractivity contribution < 1.29 is 0 Å². The molecule has 0 radical (unpaired) electrons. The van der Waals surface area contributed by atoms with E-state index in [9.17, 15) is 0 Å². The normalized spacial score (nSPS) is 10.9. The molecule has 0 saturated carbocycles. The van der Waals surface area contributed by atoms with Gasteiger partial charge in [-0.1, -0.05) is 23.6 Å². The summed E-state index contributed by atoms with van der Waals surface area (Å²) in [4.78, 5) is 0. The molecule has 0 saturated heterocycles. The lowest BCUT2D eigenvalue weighted by Gasteiger charge is -2.24. The van der Waals surface area contributed by atoms with Crippen LogP contribution in [0.4, 0.5) is 5.69 Å². The number of anilines is 1. The molecule has 0 atom stereocenters. The van der Waals surface area contributed by atoms with E-state index in [0.29, 0.717) is 0 Å². The predicted octanol–water partition coefficient (Wildman–Crippen LogP) is 3.44. The quantitative estimate of drug-likeness (QED) is 0.723. The molecule has 0 bridgehead atoms. The van der Waals surface area contributed by atoms with Gasteiger partial charge in [-0.25, -0.2) is 0 Å². The fourth-order valence-corrected chi connectivity index (χ4v) is 1.73. The molecule has 1 nitrogen and oxygen atoms in total. The summed E-state index contributed by atoms with van der Waals surface area (Å²) in [7, 11) is 0. The molecule has 1 heteroatoms. The average molecular weight is 201 g/mol. The van der Waals surface area contributed by atoms with Gasteiger partial charge in [-0.15, -0.1) is 6.42 Å². The van der Waals surface area contributed by atoms with E-state index in [1.807, 2.05) is 13.8 Å². The van der Waals surface area contributed by atoms with E-state index in [1.165, 1.54) is 16.7 Å². The van der Waals surface area contributed by atoms with Gasteiger partial charge in [0.2, 0.25) is 0 Å². The highest BCUT2D eigenvalue weighted by Crippen LogP contribution is 2.24. The molecule has 1 N–H and O–H groups in total. The largest absolute Gasteiger partial charge is 0.369 e. The SMILES string of the molecule is C#CC(C)(C)Nc1c(C)cc(C)cc1C. The molecule has 0 aliphatic rings. The Bertz CT molecular complexity index is 385. The van der Waals surface area contributed by atoms with Crippen LogP contribution >= 0.6 is 0 Å². The fourth-order valence-electron chi connectivity index (χ4n) is 1.73. The predicted molar refractivity (Wildman–Crippen MR) is 67.2 cm³/mol. The molecule has 0 aliphatic heterocycles. The molecule has 1 aromatic rings. The van der Waals surface area contributed by atoms with Crippen LogP contribution in [0, 0.1) is 33.1 Å². The van der Waals surface area contributed by atoms with Crippen LogP contribution in [0.2, 0.25) is 0 Å². The van der Waals surface area contributed by atoms with Crippen LogP contribution in [0.15, 0.2) is 12.1 Å². The molecule has 1 rings (SSSR count). The van der Waals surface area contributed by atoms with Crippen molar-refractivity contribution in [1.82, 2.24) is 0 Å². The third-order valence-corrected chi connectivity index (χ3v) is 2.48. The molecule has 0 fully saturated rings. The van der Waals surface area contributed by atoms with Crippen LogP contribution < -0.4 is 5.32 Å². The van der Waals surface area contributed by atoms with E-state index >= 15 is 0 Å². The highest BCUT2D eigenvalue weighted by atomic mass is 15.0. The van der Waals surface area contributed by atoms with Crippen LogP contribution in [0.1, 0.15) is 30.5 Å². The third-order valence-electron chi connectivity index (χ3n) is 2.48. The summed E-state index contributed by atoms with van der Waals surface area (Å²) in [6, 6.07) is 4.34. The summed E-state index contributed by atoms with van der Waals surface area (Å²) in [5.41, 5.74) is 4.63. The highest BCUT2D eigenvalue weighted by Gasteiger charge is 2.15. The maximum Gasteiger partial charge on any atom is 0.0927 e. The van der Waals surface area contributed by atoms with Gasteiger partial charge < -0.3 is 5.32 Å². The number of hydrogen-bond donors (Lipinski definition) is 1. The fraction of sp³-hybridized carbons (Fsp3) is 0.429. The first-order valence-electron chi connectivity index (χ1n) is 5.19. The monoisotopic (exact) mass is 201 g/mol. The molecular formula is C14H19N. The molecule has 0 aliphatic carbocycles. The second-order valence-electron chi connectivity index (χ2n) is 4.67. The van der Waals surface area contributed by atoms with Gasteiger partial charge in [0.15, 0.2) is 0 Å². The maximum absolute atomic E-state index is 5.47. The zero-order valence-electron chi connectivity index (χ0n) is 10.2. The summed E-state index contributed by atoms with van der Waals surface area (Å²) in [6.45, 7) is 10.3. The molecule has 0 amide bonds. The van der Waals surface area contributed by atoms with Crippen LogP contribution in [-0.2, 0) is 0 Å². The maximum atomic E-state index is 5.47. The van der Waals surface area contributed by atoms with E-state index in [0.717, 1.165) is 5.69 Å². The van der Waals surface area contributed by atoms with Crippen molar-refractivity contribution in [3.63, 3.8) is 0 Å². The molecule has 15 heavy (non-hydrogen) atoms. The second-order valence-corrected chi connectivity index (χ2v) is 4.67. The first-order chi connectivity index (χ1) is 6.85. The molecule has 80 valence electrons. The van der Waals surface area contributed by atoms with Gasteiger partial charge in [-0.2, -0.15) is 0 Å². The standard InChI is InChI=1S/C14H19N/c1-7-14(5,6)15-13-11(3)8-10(2)9-12(13)4/h1,8-9,15H,2-6H3. The Morgan fingerprint density at radius 1 is 1.13 bits per heavy atom. The van der Waals surface area contributed by atoms with E-state index in [4.69, 9.17) is 6.42 Å². The number of aryl methyl sites for hydroxylation is 3. The zero-order valence-corrected chi connectivity index (χ0v) is 10.2. The molecule has 1 aromatic carbocycles. The Hall–Kier alpha value is -1.42. The Balaban J connectivity index is 3.12. The van der Waals surface area contributed by atoms with Crippen LogP contribution in [0.5, 0.6) is 0 Å². The Morgan fingerprint density at radius 3 is 2.00 bits per heavy atom. The summed E-state index contributed by atoms with van der Waals surface area (Å²) in [5, 5.41) is 3.40. The van der Waals surface area contributed by atoms with E-state index in [2.05, 4.69) is 44.1 Å². The molecule has 0 unspecified atom stereocenters. The topological polar surface area (TPSA) is 12.0 Å². The van der Waals surface area contributed by atoms with Gasteiger partial charge in [-0.3, -0.25) is 0 Å². The van der Waals surface area contributed by atoms with E-state index in [1.54, 1.807) is 0 Å². The van der Waals surface area contributed by atoms with Gasteiger partial charge in [0.25, 0.3) is 0 Å². The first-order valence-corrected chi connectivity index (χ1v) is 5.19. The van der Waals surface area contributed by atoms with Crippen molar-refractivity contribution in [2.45, 2.75) is 40.2 Å². The van der Waals surface area contributed by atoms with Gasteiger partial charge >= 0.3 is 0 Å². The minimum absolute atomic E-state index is 0.301. The number of rotatable bonds is 2. The third kappa shape index (κ3) is 2.76. The summed E-state index contributed by atoms with van der Waals surface area (Å²) in [6.07, 6.45) is 5.47. The van der Waals surface area contributed by atoms with Crippen LogP contribution in [0.3, 0.4) is 0 Å². The molecule has 0 spiro atoms. The molecule has 0 heterocycles. The Labute approximate surface area is 92.9 Å². The second kappa shape index (κ2) is 3.98. The lowest BCUT2D eigenvalue weighted by atomic mass is 10.0. The minimum Gasteiger partial charge on any atom is -0.369 e. The lowest BCUT2D eigenvalue weighted by molar-refractivity contribution is 0.739. The summed E-state index contributed by atoms with van der Waals surface area (Å²) >= 11 is 0. The highest BCUT2D eigenvalue weighted by molar-refractivity contribution is 5.60. The van der Waals surface area contributed by atoms with Crippen molar-refractivity contribution in [1.29, 1.82) is 0 Å². The van der Waals surface area contributed by atoms with Gasteiger partial charge in [0, 0.05) is 5.69 Å². The number of benzene rings is 1. The summed E-state index contributed by atoms with van der Waals surface area (Å²) < 4.78 is 0. The first kappa shape index (κ1) is 11.7. The summed E-state index contributed by atoms with van der Waals surface area (Å²) in [5.74, 6) is 2.75. The average Bonchev–Trinajstić information content (AvgIpc) is 2.11. The van der Waals surface area contributed by atoms with Crippen LogP contribution in [0.25, 0.3) is 0 Å². The zero-order chi connectivity index (χ0) is 11.6. The lowest BCUT2D eigenvalue weighted by Crippen LogP contribution is -2.29. The van der Waals surface area contributed by atoms with Crippen molar-refractivity contribution in [2.24, 2.45) is 0 Å². The van der Waals surface area contributed by atoms with Gasteiger partial charge in [-0.05, 0) is 45.7 Å². The van der Waals surface area contributed by atoms with Gasteiger partial charge in [0.05, 0.1) is 5.54 Å². The van der Waals surface area contributed by atoms with Crippen molar-refractivity contribution in [3.05, 3.63) is 28.8 Å². The minimum atomic E-state index is -0.301. The molecular weight excluding hydrogens is 182 g/mol. The van der Waals surface area contributed by atoms with Gasteiger partial charge in [0.1, 0.15) is 0 Å². The van der Waals surface area contributed by atoms with Crippen LogP contribution in [-0.4, -0.2) is 5.54 Å². The smallest absolute Gasteiger partial charge is 0.0927 e. The van der Waals surface area contributed by atoms with Crippen molar-refractivity contribution in [2.75, 3.05) is 5.32 Å². The van der Waals surface area contributed by atoms with E-state index < -0.39 is 0 Å². The number of hydrogen-bond acceptors (Lipinski definition) is 1. The number of terminal acetylenes is 1. The van der Waals surface area contributed by atoms with E-state index in [-0.39, 0.29) is 5.54 Å². The Kier molecular flexibility index (Phi) is 3.09. The van der Waals surface area contributed by atoms with Crippen molar-refractivity contribution in [3.8, 4) is 12.3 Å². The molecule has 0 aromatic heterocycles. The Morgan fingerprint density at radius 2 is 1.60 bits per heavy atom. The van der Waals surface area contributed by atoms with Crippen molar-refractivity contribution >= 4 is 5.69 Å². The number of nitrogens with one attached hydrogen (secondary N) is 1.